The Morgan fingerprint density at radius 1 is 1.19 bits per heavy atom. The second kappa shape index (κ2) is 7.28. The smallest absolute Gasteiger partial charge is 0.255 e. The van der Waals surface area contributed by atoms with Crippen LogP contribution >= 0.6 is 0 Å². The first-order chi connectivity index (χ1) is 12.7. The van der Waals surface area contributed by atoms with Crippen LogP contribution in [0.2, 0.25) is 0 Å². The number of amides is 1. The van der Waals surface area contributed by atoms with Crippen molar-refractivity contribution in [3.05, 3.63) is 59.9 Å². The molecule has 1 spiro atoms. The molecule has 2 fully saturated rings. The summed E-state index contributed by atoms with van der Waals surface area (Å²) >= 11 is 0. The average molecular weight is 351 g/mol. The number of likely N-dealkylation sites (tertiary alicyclic amines) is 2. The summed E-state index contributed by atoms with van der Waals surface area (Å²) in [7, 11) is 0. The van der Waals surface area contributed by atoms with E-state index >= 15 is 0 Å². The molecule has 1 atom stereocenters. The second-order valence-electron chi connectivity index (χ2n) is 8.03. The molecular weight excluding hydrogens is 322 g/mol. The number of carbonyl (C=O) groups excluding carboxylic acids is 1. The van der Waals surface area contributed by atoms with E-state index in [9.17, 15) is 4.79 Å². The van der Waals surface area contributed by atoms with E-state index in [-0.39, 0.29) is 5.91 Å². The summed E-state index contributed by atoms with van der Waals surface area (Å²) in [6.45, 7) is 7.47. The third-order valence-electron chi connectivity index (χ3n) is 6.39. The van der Waals surface area contributed by atoms with Crippen LogP contribution in [0.5, 0.6) is 0 Å². The molecule has 2 aliphatic rings. The highest BCUT2D eigenvalue weighted by molar-refractivity contribution is 5.94. The van der Waals surface area contributed by atoms with E-state index in [1.165, 1.54) is 18.5 Å². The molecule has 1 aromatic heterocycles. The van der Waals surface area contributed by atoms with Gasteiger partial charge >= 0.3 is 0 Å². The van der Waals surface area contributed by atoms with E-state index < -0.39 is 0 Å². The quantitative estimate of drug-likeness (QED) is 0.915. The van der Waals surface area contributed by atoms with Crippen molar-refractivity contribution >= 4 is 5.91 Å². The van der Waals surface area contributed by atoms with Gasteiger partial charge in [-0.25, -0.2) is 0 Å². The van der Waals surface area contributed by atoms with Crippen LogP contribution in [0.25, 0.3) is 0 Å². The first kappa shape index (κ1) is 17.3. The highest BCUT2D eigenvalue weighted by Crippen LogP contribution is 2.45. The second-order valence-corrected chi connectivity index (χ2v) is 8.03. The molecule has 2 aromatic rings. The summed E-state index contributed by atoms with van der Waals surface area (Å²) in [5, 5.41) is 0. The molecule has 0 aliphatic carbocycles. The van der Waals surface area contributed by atoms with Crippen LogP contribution in [0.15, 0.2) is 48.8 Å². The molecule has 1 aromatic carbocycles. The molecule has 4 rings (SSSR count). The Balaban J connectivity index is 1.47. The van der Waals surface area contributed by atoms with Gasteiger partial charge in [-0.15, -0.1) is 0 Å². The number of H-pyrrole nitrogens is 1. The van der Waals surface area contributed by atoms with Gasteiger partial charge in [-0.1, -0.05) is 37.3 Å². The lowest BCUT2D eigenvalue weighted by Crippen LogP contribution is -2.52. The summed E-state index contributed by atoms with van der Waals surface area (Å²) in [6, 6.07) is 12.8. The van der Waals surface area contributed by atoms with E-state index in [4.69, 9.17) is 0 Å². The van der Waals surface area contributed by atoms with E-state index in [0.29, 0.717) is 11.3 Å². The minimum Gasteiger partial charge on any atom is -0.367 e. The molecule has 1 N–H and O–H groups in total. The number of likely N-dealkylation sites (N-methyl/N-ethyl adjacent to an activating group) is 1. The monoisotopic (exact) mass is 351 g/mol. The van der Waals surface area contributed by atoms with Crippen LogP contribution in [-0.2, 0) is 0 Å². The first-order valence-electron chi connectivity index (χ1n) is 9.88. The summed E-state index contributed by atoms with van der Waals surface area (Å²) in [6.07, 6.45) is 7.10. The number of carbonyl (C=O) groups is 1. The van der Waals surface area contributed by atoms with Gasteiger partial charge in [0.05, 0.1) is 5.56 Å². The maximum atomic E-state index is 12.6. The van der Waals surface area contributed by atoms with Crippen LogP contribution in [-0.4, -0.2) is 53.4 Å². The molecule has 0 bridgehead atoms. The van der Waals surface area contributed by atoms with Gasteiger partial charge < -0.3 is 14.8 Å². The highest BCUT2D eigenvalue weighted by Gasteiger charge is 2.42. The fourth-order valence-electron chi connectivity index (χ4n) is 4.88. The lowest BCUT2D eigenvalue weighted by molar-refractivity contribution is 0.0158. The van der Waals surface area contributed by atoms with Gasteiger partial charge in [0.15, 0.2) is 0 Å². The van der Waals surface area contributed by atoms with Crippen LogP contribution in [0.4, 0.5) is 0 Å². The molecule has 4 nitrogen and oxygen atoms in total. The Morgan fingerprint density at radius 3 is 2.62 bits per heavy atom. The van der Waals surface area contributed by atoms with Crippen molar-refractivity contribution in [2.75, 3.05) is 32.7 Å². The van der Waals surface area contributed by atoms with Gasteiger partial charge in [-0.2, -0.15) is 0 Å². The van der Waals surface area contributed by atoms with Gasteiger partial charge in [-0.05, 0) is 48.8 Å². The number of piperidine rings is 2. The van der Waals surface area contributed by atoms with Crippen LogP contribution in [0.3, 0.4) is 0 Å². The third-order valence-corrected chi connectivity index (χ3v) is 6.39. The third kappa shape index (κ3) is 3.43. The van der Waals surface area contributed by atoms with E-state index in [1.54, 1.807) is 6.20 Å². The fraction of sp³-hybridized carbons (Fsp3) is 0.500. The Kier molecular flexibility index (Phi) is 4.86. The number of aromatic amines is 1. The maximum absolute atomic E-state index is 12.6. The minimum absolute atomic E-state index is 0.170. The van der Waals surface area contributed by atoms with Gasteiger partial charge in [0.2, 0.25) is 0 Å². The number of hydrogen-bond donors (Lipinski definition) is 1. The van der Waals surface area contributed by atoms with Gasteiger partial charge in [0.1, 0.15) is 0 Å². The molecule has 4 heteroatoms. The molecule has 1 amide bonds. The van der Waals surface area contributed by atoms with E-state index in [2.05, 4.69) is 47.1 Å². The minimum atomic E-state index is 0.170. The zero-order valence-corrected chi connectivity index (χ0v) is 15.7. The van der Waals surface area contributed by atoms with Crippen LogP contribution in [0, 0.1) is 5.41 Å². The van der Waals surface area contributed by atoms with Gasteiger partial charge in [0.25, 0.3) is 5.91 Å². The Labute approximate surface area is 156 Å². The zero-order chi connectivity index (χ0) is 18.0. The predicted molar refractivity (Wildman–Crippen MR) is 104 cm³/mol. The summed E-state index contributed by atoms with van der Waals surface area (Å²) in [4.78, 5) is 20.3. The van der Waals surface area contributed by atoms with Crippen molar-refractivity contribution in [1.29, 1.82) is 0 Å². The molecule has 0 saturated carbocycles. The van der Waals surface area contributed by atoms with E-state index in [0.717, 1.165) is 44.6 Å². The molecule has 2 aliphatic heterocycles. The van der Waals surface area contributed by atoms with Crippen molar-refractivity contribution in [2.45, 2.75) is 32.1 Å². The number of rotatable bonds is 3. The first-order valence-corrected chi connectivity index (χ1v) is 9.88. The number of benzene rings is 1. The van der Waals surface area contributed by atoms with Crippen molar-refractivity contribution in [3.63, 3.8) is 0 Å². The molecule has 26 heavy (non-hydrogen) atoms. The van der Waals surface area contributed by atoms with Crippen LogP contribution in [0.1, 0.15) is 48.0 Å². The average Bonchev–Trinajstić information content (AvgIpc) is 3.23. The number of hydrogen-bond acceptors (Lipinski definition) is 2. The molecule has 0 unspecified atom stereocenters. The lowest BCUT2D eigenvalue weighted by atomic mass is 9.68. The number of nitrogens with one attached hydrogen (secondary N) is 1. The molecule has 138 valence electrons. The molecule has 0 radical (unpaired) electrons. The Hall–Kier alpha value is -2.07. The molecule has 2 saturated heterocycles. The largest absolute Gasteiger partial charge is 0.367 e. The van der Waals surface area contributed by atoms with Crippen molar-refractivity contribution in [2.24, 2.45) is 5.41 Å². The normalized spacial score (nSPS) is 23.3. The number of aromatic nitrogens is 1. The SMILES string of the molecule is CCN1C[C@@H](c2ccccc2)CC2(CCN(C(=O)c3cc[nH]c3)CC2)C1. The zero-order valence-electron chi connectivity index (χ0n) is 15.7. The predicted octanol–water partition coefficient (Wildman–Crippen LogP) is 3.75. The van der Waals surface area contributed by atoms with Gasteiger partial charge in [0, 0.05) is 38.6 Å². The Bertz CT molecular complexity index is 717. The molecule has 3 heterocycles. The van der Waals surface area contributed by atoms with Crippen molar-refractivity contribution in [3.8, 4) is 0 Å². The lowest BCUT2D eigenvalue weighted by Gasteiger charge is -2.50. The summed E-state index contributed by atoms with van der Waals surface area (Å²) in [5.41, 5.74) is 2.60. The topological polar surface area (TPSA) is 39.3 Å². The molecular formula is C22H29N3O. The van der Waals surface area contributed by atoms with Gasteiger partial charge in [-0.3, -0.25) is 4.79 Å². The standard InChI is InChI=1S/C22H29N3O/c1-2-24-16-20(18-6-4-3-5-7-18)14-22(17-24)9-12-25(13-10-22)21(26)19-8-11-23-15-19/h3-8,11,15,20,23H,2,9-10,12-14,16-17H2,1H3/t20-/m0/s1. The van der Waals surface area contributed by atoms with Crippen LogP contribution < -0.4 is 0 Å². The van der Waals surface area contributed by atoms with E-state index in [1.807, 2.05) is 17.2 Å². The number of nitrogens with zero attached hydrogens (tertiary/aromatic N) is 2. The maximum Gasteiger partial charge on any atom is 0.255 e. The summed E-state index contributed by atoms with van der Waals surface area (Å²) in [5.74, 6) is 0.778. The van der Waals surface area contributed by atoms with Crippen molar-refractivity contribution in [1.82, 2.24) is 14.8 Å². The fourth-order valence-corrected chi connectivity index (χ4v) is 4.88. The Morgan fingerprint density at radius 2 is 1.96 bits per heavy atom. The van der Waals surface area contributed by atoms with Crippen molar-refractivity contribution < 1.29 is 4.79 Å². The highest BCUT2D eigenvalue weighted by atomic mass is 16.2. The summed E-state index contributed by atoms with van der Waals surface area (Å²) < 4.78 is 0.